The first-order chi connectivity index (χ1) is 9.65. The van der Waals surface area contributed by atoms with Crippen LogP contribution in [0.1, 0.15) is 51.5 Å². The molecule has 112 valence electrons. The highest BCUT2D eigenvalue weighted by Crippen LogP contribution is 2.33. The molecule has 1 aliphatic heterocycles. The van der Waals surface area contributed by atoms with Gasteiger partial charge in [0.1, 0.15) is 0 Å². The van der Waals surface area contributed by atoms with Gasteiger partial charge in [-0.05, 0) is 23.3 Å². The van der Waals surface area contributed by atoms with E-state index in [2.05, 4.69) is 50.5 Å². The van der Waals surface area contributed by atoms with Crippen LogP contribution in [0.5, 0.6) is 0 Å². The number of amidine groups is 1. The summed E-state index contributed by atoms with van der Waals surface area (Å²) in [5, 5.41) is 7.65. The summed E-state index contributed by atoms with van der Waals surface area (Å²) in [6.07, 6.45) is 2.52. The van der Waals surface area contributed by atoms with Crippen LogP contribution >= 0.6 is 23.1 Å². The van der Waals surface area contributed by atoms with E-state index in [1.165, 1.54) is 17.7 Å². The minimum atomic E-state index is 0.390. The van der Waals surface area contributed by atoms with Crippen LogP contribution in [0.15, 0.2) is 22.5 Å². The molecule has 1 aromatic rings. The van der Waals surface area contributed by atoms with Crippen LogP contribution in [0.3, 0.4) is 0 Å². The average molecular weight is 311 g/mol. The predicted octanol–water partition coefficient (Wildman–Crippen LogP) is 4.94. The van der Waals surface area contributed by atoms with Gasteiger partial charge in [0.25, 0.3) is 0 Å². The van der Waals surface area contributed by atoms with Crippen molar-refractivity contribution in [3.05, 3.63) is 22.4 Å². The van der Waals surface area contributed by atoms with Crippen LogP contribution in [-0.2, 0) is 0 Å². The fourth-order valence-electron chi connectivity index (χ4n) is 2.70. The lowest BCUT2D eigenvalue weighted by molar-refractivity contribution is 0.478. The Morgan fingerprint density at radius 1 is 1.35 bits per heavy atom. The van der Waals surface area contributed by atoms with Gasteiger partial charge < -0.3 is 5.32 Å². The molecule has 1 N–H and O–H groups in total. The van der Waals surface area contributed by atoms with E-state index in [1.807, 2.05) is 23.1 Å². The van der Waals surface area contributed by atoms with Crippen molar-refractivity contribution in [2.75, 3.05) is 6.54 Å². The molecule has 0 radical (unpaired) electrons. The van der Waals surface area contributed by atoms with Crippen molar-refractivity contribution < 1.29 is 0 Å². The zero-order valence-corrected chi connectivity index (χ0v) is 14.6. The smallest absolute Gasteiger partial charge is 0.157 e. The Bertz CT molecular complexity index is 422. The molecule has 2 nitrogen and oxygen atoms in total. The van der Waals surface area contributed by atoms with Crippen molar-refractivity contribution in [3.8, 4) is 0 Å². The van der Waals surface area contributed by atoms with Gasteiger partial charge in [0, 0.05) is 10.1 Å². The molecule has 0 fully saturated rings. The number of nitrogens with zero attached hydrogens (tertiary/aromatic N) is 1. The van der Waals surface area contributed by atoms with Crippen LogP contribution in [0.4, 0.5) is 0 Å². The first-order valence-electron chi connectivity index (χ1n) is 7.66. The van der Waals surface area contributed by atoms with Crippen LogP contribution in [-0.4, -0.2) is 17.0 Å². The lowest BCUT2D eigenvalue weighted by Gasteiger charge is -2.23. The topological polar surface area (TPSA) is 24.4 Å². The van der Waals surface area contributed by atoms with Crippen molar-refractivity contribution in [1.29, 1.82) is 0 Å². The van der Waals surface area contributed by atoms with E-state index in [1.54, 1.807) is 0 Å². The second-order valence-electron chi connectivity index (χ2n) is 5.76. The van der Waals surface area contributed by atoms with Gasteiger partial charge in [-0.25, -0.2) is 0 Å². The Hall–Kier alpha value is -0.480. The Kier molecular flexibility index (Phi) is 5.97. The van der Waals surface area contributed by atoms with Crippen LogP contribution in [0, 0.1) is 11.8 Å². The molecule has 2 unspecified atom stereocenters. The molecule has 0 bridgehead atoms. The van der Waals surface area contributed by atoms with Gasteiger partial charge in [-0.15, -0.1) is 11.3 Å². The molecule has 2 rings (SSSR count). The minimum Gasteiger partial charge on any atom is -0.357 e. The number of hydrogen-bond acceptors (Lipinski definition) is 4. The Balaban J connectivity index is 1.96. The molecule has 0 aliphatic carbocycles. The summed E-state index contributed by atoms with van der Waals surface area (Å²) in [5.41, 5.74) is 0. The fraction of sp³-hybridized carbons (Fsp3) is 0.688. The predicted molar refractivity (Wildman–Crippen MR) is 92.8 cm³/mol. The summed E-state index contributed by atoms with van der Waals surface area (Å²) in [6.45, 7) is 10.1. The van der Waals surface area contributed by atoms with E-state index >= 15 is 0 Å². The summed E-state index contributed by atoms with van der Waals surface area (Å²) in [7, 11) is 0. The normalized spacial score (nSPS) is 20.5. The van der Waals surface area contributed by atoms with Gasteiger partial charge in [0.2, 0.25) is 0 Å². The highest BCUT2D eigenvalue weighted by Gasteiger charge is 2.28. The quantitative estimate of drug-likeness (QED) is 0.804. The number of thioether (sulfide) groups is 1. The van der Waals surface area contributed by atoms with E-state index in [4.69, 9.17) is 4.99 Å². The molecular formula is C16H26N2S2. The van der Waals surface area contributed by atoms with Crippen LogP contribution in [0.25, 0.3) is 0 Å². The maximum absolute atomic E-state index is 4.74. The third-order valence-corrected chi connectivity index (χ3v) is 6.31. The second-order valence-corrected chi connectivity index (χ2v) is 7.97. The van der Waals surface area contributed by atoms with Crippen molar-refractivity contribution in [1.82, 2.24) is 5.32 Å². The first kappa shape index (κ1) is 15.9. The summed E-state index contributed by atoms with van der Waals surface area (Å²) in [5.74, 6) is 1.37. The lowest BCUT2D eigenvalue weighted by atomic mass is 9.99. The van der Waals surface area contributed by atoms with E-state index in [9.17, 15) is 0 Å². The average Bonchev–Trinajstić information content (AvgIpc) is 3.08. The fourth-order valence-corrected chi connectivity index (χ4v) is 5.00. The summed E-state index contributed by atoms with van der Waals surface area (Å²) < 4.78 is 0. The molecule has 0 saturated carbocycles. The van der Waals surface area contributed by atoms with E-state index < -0.39 is 0 Å². The van der Waals surface area contributed by atoms with Gasteiger partial charge in [-0.1, -0.05) is 58.4 Å². The Morgan fingerprint density at radius 3 is 2.65 bits per heavy atom. The maximum atomic E-state index is 4.74. The number of rotatable bonds is 6. The largest absolute Gasteiger partial charge is 0.357 e. The van der Waals surface area contributed by atoms with E-state index in [0.29, 0.717) is 17.2 Å². The third-order valence-electron chi connectivity index (χ3n) is 4.05. The summed E-state index contributed by atoms with van der Waals surface area (Å²) in [4.78, 5) is 6.15. The zero-order valence-electron chi connectivity index (χ0n) is 12.9. The first-order valence-corrected chi connectivity index (χ1v) is 9.42. The molecule has 2 atom stereocenters. The van der Waals surface area contributed by atoms with Gasteiger partial charge in [-0.3, -0.25) is 4.99 Å². The molecule has 0 amide bonds. The Morgan fingerprint density at radius 2 is 2.10 bits per heavy atom. The number of hydrogen-bond donors (Lipinski definition) is 1. The minimum absolute atomic E-state index is 0.390. The second kappa shape index (κ2) is 7.51. The molecule has 2 heterocycles. The van der Waals surface area contributed by atoms with E-state index in [0.717, 1.165) is 17.6 Å². The molecule has 0 spiro atoms. The maximum Gasteiger partial charge on any atom is 0.157 e. The van der Waals surface area contributed by atoms with E-state index in [-0.39, 0.29) is 0 Å². The zero-order chi connectivity index (χ0) is 14.5. The highest BCUT2D eigenvalue weighted by atomic mass is 32.2. The van der Waals surface area contributed by atoms with Crippen LogP contribution < -0.4 is 5.32 Å². The third kappa shape index (κ3) is 3.79. The number of thiophene rings is 1. The Labute approximate surface area is 131 Å². The monoisotopic (exact) mass is 310 g/mol. The molecular weight excluding hydrogens is 284 g/mol. The summed E-state index contributed by atoms with van der Waals surface area (Å²) >= 11 is 3.79. The van der Waals surface area contributed by atoms with Crippen molar-refractivity contribution in [2.45, 2.75) is 51.8 Å². The van der Waals surface area contributed by atoms with Crippen LogP contribution in [0.2, 0.25) is 0 Å². The molecule has 20 heavy (non-hydrogen) atoms. The molecule has 0 saturated heterocycles. The molecule has 0 aromatic carbocycles. The van der Waals surface area contributed by atoms with Crippen molar-refractivity contribution in [3.63, 3.8) is 0 Å². The van der Waals surface area contributed by atoms with Gasteiger partial charge in [-0.2, -0.15) is 0 Å². The molecule has 4 heteroatoms. The number of aliphatic imine (C=N–C) groups is 1. The standard InChI is InChI=1S/C16H26N2S2/c1-5-12(6-2)14-10-17-16(20-14)18-15(11(3)4)13-8-7-9-19-13/h7-9,11-12,14-15H,5-6,10H2,1-4H3,(H,17,18). The molecule has 1 aromatic heterocycles. The van der Waals surface area contributed by atoms with Gasteiger partial charge in [0.05, 0.1) is 12.6 Å². The SMILES string of the molecule is CCC(CC)C1CN=C(NC(c2cccs2)C(C)C)S1. The highest BCUT2D eigenvalue weighted by molar-refractivity contribution is 8.14. The lowest BCUT2D eigenvalue weighted by Crippen LogP contribution is -2.29. The van der Waals surface area contributed by atoms with Gasteiger partial charge >= 0.3 is 0 Å². The summed E-state index contributed by atoms with van der Waals surface area (Å²) in [6, 6.07) is 4.75. The van der Waals surface area contributed by atoms with Crippen molar-refractivity contribution >= 4 is 28.3 Å². The number of nitrogens with one attached hydrogen (secondary N) is 1. The molecule has 1 aliphatic rings. The van der Waals surface area contributed by atoms with Crippen molar-refractivity contribution in [2.24, 2.45) is 16.8 Å². The van der Waals surface area contributed by atoms with Gasteiger partial charge in [0.15, 0.2) is 5.17 Å².